The molecule has 0 N–H and O–H groups in total. The highest BCUT2D eigenvalue weighted by molar-refractivity contribution is 5.72. The number of unbranched alkanes of at least 4 members (excludes halogenated alkanes) is 23. The highest BCUT2D eigenvalue weighted by Crippen LogP contribution is 2.22. The molecule has 0 aliphatic carbocycles. The number of esters is 2. The van der Waals surface area contributed by atoms with E-state index in [-0.39, 0.29) is 23.8 Å². The number of ether oxygens (including phenoxy) is 2. The molecule has 0 aromatic rings. The first-order valence-corrected chi connectivity index (χ1v) is 25.5. The van der Waals surface area contributed by atoms with Crippen LogP contribution in [0.5, 0.6) is 0 Å². The van der Waals surface area contributed by atoms with E-state index in [2.05, 4.69) is 53.4 Å². The second-order valence-corrected chi connectivity index (χ2v) is 17.3. The van der Waals surface area contributed by atoms with Gasteiger partial charge in [-0.15, -0.1) is 0 Å². The molecule has 0 saturated heterocycles. The van der Waals surface area contributed by atoms with Crippen LogP contribution in [0.4, 0.5) is 0 Å². The fourth-order valence-electron chi connectivity index (χ4n) is 7.62. The highest BCUT2D eigenvalue weighted by Gasteiger charge is 2.20. The summed E-state index contributed by atoms with van der Waals surface area (Å²) >= 11 is 0. The Balaban J connectivity index is 0. The van der Waals surface area contributed by atoms with Crippen molar-refractivity contribution < 1.29 is 19.1 Å². The summed E-state index contributed by atoms with van der Waals surface area (Å²) in [6.45, 7) is 20.3. The van der Waals surface area contributed by atoms with E-state index in [4.69, 9.17) is 9.47 Å². The van der Waals surface area contributed by atoms with E-state index >= 15 is 0 Å². The molecule has 2 atom stereocenters. The zero-order valence-corrected chi connectivity index (χ0v) is 39.5. The van der Waals surface area contributed by atoms with Crippen LogP contribution in [0.15, 0.2) is 0 Å². The second-order valence-electron chi connectivity index (χ2n) is 17.3. The van der Waals surface area contributed by atoms with Gasteiger partial charge in [-0.1, -0.05) is 215 Å². The molecular formula is C51H103NO4. The van der Waals surface area contributed by atoms with Gasteiger partial charge in [-0.05, 0) is 77.4 Å². The zero-order chi connectivity index (χ0) is 41.6. The van der Waals surface area contributed by atoms with Gasteiger partial charge < -0.3 is 14.4 Å². The van der Waals surface area contributed by atoms with Crippen molar-refractivity contribution in [1.82, 2.24) is 4.90 Å². The summed E-state index contributed by atoms with van der Waals surface area (Å²) in [5.74, 6) is 0.364. The Morgan fingerprint density at radius 2 is 0.589 bits per heavy atom. The van der Waals surface area contributed by atoms with E-state index in [1.807, 2.05) is 0 Å². The van der Waals surface area contributed by atoms with Gasteiger partial charge in [0.05, 0.1) is 25.0 Å². The number of hydrogen-bond donors (Lipinski definition) is 0. The van der Waals surface area contributed by atoms with Gasteiger partial charge in [0.25, 0.3) is 0 Å². The third-order valence-electron chi connectivity index (χ3n) is 11.3. The summed E-state index contributed by atoms with van der Waals surface area (Å²) < 4.78 is 11.7. The SMILES string of the molecule is CCC.CCCCCCCCC(CCCCCC)C(=O)OCCCCCCN(CCCC)CCCCCCOC(=O)C(CCCCCC)CCCCCCCC. The van der Waals surface area contributed by atoms with Crippen molar-refractivity contribution in [2.24, 2.45) is 11.8 Å². The lowest BCUT2D eigenvalue weighted by Gasteiger charge is -2.22. The van der Waals surface area contributed by atoms with Crippen molar-refractivity contribution in [3.63, 3.8) is 0 Å². The number of nitrogens with zero attached hydrogens (tertiary/aromatic N) is 1. The molecule has 0 rings (SSSR count). The molecule has 0 aromatic carbocycles. The van der Waals surface area contributed by atoms with Gasteiger partial charge in [0.2, 0.25) is 0 Å². The summed E-state index contributed by atoms with van der Waals surface area (Å²) in [5, 5.41) is 0. The maximum absolute atomic E-state index is 13.0. The van der Waals surface area contributed by atoms with Crippen LogP contribution in [-0.2, 0) is 19.1 Å². The first-order valence-electron chi connectivity index (χ1n) is 25.5. The van der Waals surface area contributed by atoms with E-state index in [1.165, 1.54) is 180 Å². The molecule has 0 spiro atoms. The summed E-state index contributed by atoms with van der Waals surface area (Å²) in [6.07, 6.45) is 42.1. The van der Waals surface area contributed by atoms with Crippen molar-refractivity contribution in [2.75, 3.05) is 32.8 Å². The molecule has 0 fully saturated rings. The summed E-state index contributed by atoms with van der Waals surface area (Å²) in [7, 11) is 0. The van der Waals surface area contributed by atoms with Crippen LogP contribution in [0.3, 0.4) is 0 Å². The summed E-state index contributed by atoms with van der Waals surface area (Å²) in [5.41, 5.74) is 0. The molecule has 0 bridgehead atoms. The van der Waals surface area contributed by atoms with Gasteiger partial charge in [0, 0.05) is 0 Å². The van der Waals surface area contributed by atoms with Crippen LogP contribution >= 0.6 is 0 Å². The molecule has 56 heavy (non-hydrogen) atoms. The molecule has 2 unspecified atom stereocenters. The van der Waals surface area contributed by atoms with Gasteiger partial charge in [-0.25, -0.2) is 0 Å². The van der Waals surface area contributed by atoms with E-state index in [1.54, 1.807) is 0 Å². The van der Waals surface area contributed by atoms with Gasteiger partial charge >= 0.3 is 11.9 Å². The molecular weight excluding hydrogens is 691 g/mol. The van der Waals surface area contributed by atoms with Crippen molar-refractivity contribution in [1.29, 1.82) is 0 Å². The van der Waals surface area contributed by atoms with Crippen molar-refractivity contribution in [3.05, 3.63) is 0 Å². The minimum atomic E-state index is 0.0736. The zero-order valence-electron chi connectivity index (χ0n) is 39.5. The molecule has 336 valence electrons. The van der Waals surface area contributed by atoms with Crippen molar-refractivity contribution in [2.45, 2.75) is 273 Å². The smallest absolute Gasteiger partial charge is 0.308 e. The van der Waals surface area contributed by atoms with Crippen LogP contribution in [-0.4, -0.2) is 49.7 Å². The third-order valence-corrected chi connectivity index (χ3v) is 11.3. The van der Waals surface area contributed by atoms with E-state index in [0.29, 0.717) is 13.2 Å². The van der Waals surface area contributed by atoms with E-state index in [0.717, 1.165) is 64.2 Å². The van der Waals surface area contributed by atoms with Crippen molar-refractivity contribution >= 4 is 11.9 Å². The monoisotopic (exact) mass is 794 g/mol. The minimum absolute atomic E-state index is 0.0736. The lowest BCUT2D eigenvalue weighted by Crippen LogP contribution is -2.27. The molecule has 0 aliphatic rings. The number of carbonyl (C=O) groups excluding carboxylic acids is 2. The molecule has 5 nitrogen and oxygen atoms in total. The fraction of sp³-hybridized carbons (Fsp3) is 0.961. The third kappa shape index (κ3) is 41.1. The van der Waals surface area contributed by atoms with Crippen molar-refractivity contribution in [3.8, 4) is 0 Å². The van der Waals surface area contributed by atoms with Gasteiger partial charge in [0.1, 0.15) is 0 Å². The van der Waals surface area contributed by atoms with Crippen LogP contribution < -0.4 is 0 Å². The van der Waals surface area contributed by atoms with Crippen LogP contribution in [0.2, 0.25) is 0 Å². The largest absolute Gasteiger partial charge is 0.465 e. The Morgan fingerprint density at radius 1 is 0.339 bits per heavy atom. The maximum atomic E-state index is 13.0. The lowest BCUT2D eigenvalue weighted by molar-refractivity contribution is -0.150. The average Bonchev–Trinajstić information content (AvgIpc) is 3.20. The second kappa shape index (κ2) is 48.3. The lowest BCUT2D eigenvalue weighted by atomic mass is 9.94. The van der Waals surface area contributed by atoms with Gasteiger partial charge in [0.15, 0.2) is 0 Å². The van der Waals surface area contributed by atoms with Crippen LogP contribution in [0, 0.1) is 11.8 Å². The predicted molar refractivity (Wildman–Crippen MR) is 247 cm³/mol. The average molecular weight is 794 g/mol. The van der Waals surface area contributed by atoms with E-state index in [9.17, 15) is 9.59 Å². The number of hydrogen-bond acceptors (Lipinski definition) is 5. The quantitative estimate of drug-likeness (QED) is 0.0455. The van der Waals surface area contributed by atoms with Gasteiger partial charge in [-0.2, -0.15) is 0 Å². The Morgan fingerprint density at radius 3 is 0.929 bits per heavy atom. The minimum Gasteiger partial charge on any atom is -0.465 e. The molecule has 5 heteroatoms. The molecule has 0 saturated carbocycles. The number of rotatable bonds is 43. The first kappa shape index (κ1) is 57.0. The molecule has 0 amide bonds. The van der Waals surface area contributed by atoms with E-state index < -0.39 is 0 Å². The summed E-state index contributed by atoms with van der Waals surface area (Å²) in [4.78, 5) is 28.6. The number of carbonyl (C=O) groups is 2. The highest BCUT2D eigenvalue weighted by atomic mass is 16.5. The molecule has 0 aromatic heterocycles. The predicted octanol–water partition coefficient (Wildman–Crippen LogP) is 16.4. The Hall–Kier alpha value is -1.10. The fourth-order valence-corrected chi connectivity index (χ4v) is 7.62. The van der Waals surface area contributed by atoms with Gasteiger partial charge in [-0.3, -0.25) is 9.59 Å². The topological polar surface area (TPSA) is 55.8 Å². The Bertz CT molecular complexity index is 715. The van der Waals surface area contributed by atoms with Crippen LogP contribution in [0.1, 0.15) is 273 Å². The molecule has 0 aliphatic heterocycles. The molecule has 0 radical (unpaired) electrons. The normalized spacial score (nSPS) is 12.4. The Labute approximate surface area is 352 Å². The standard InChI is InChI=1S/C48H95NO4.C3H8/c1-6-11-16-20-22-30-38-45(36-28-18-13-8-3)47(50)52-43-34-26-24-32-41-49(40-15-10-5)42-33-25-27-35-44-53-48(51)46(37-29-19-14-9-4)39-31-23-21-17-12-7-2;1-3-2/h45-46H,6-44H2,1-5H3;3H2,1-2H3. The summed E-state index contributed by atoms with van der Waals surface area (Å²) in [6, 6.07) is 0. The maximum Gasteiger partial charge on any atom is 0.308 e. The molecule has 0 heterocycles. The first-order chi connectivity index (χ1) is 27.4. The van der Waals surface area contributed by atoms with Crippen LogP contribution in [0.25, 0.3) is 0 Å². The Kier molecular flexibility index (Phi) is 49.1.